The zero-order valence-corrected chi connectivity index (χ0v) is 16.1. The highest BCUT2D eigenvalue weighted by molar-refractivity contribution is 6.06. The van der Waals surface area contributed by atoms with Gasteiger partial charge in [0.1, 0.15) is 5.54 Å². The lowest BCUT2D eigenvalue weighted by Gasteiger charge is -2.23. The predicted molar refractivity (Wildman–Crippen MR) is 103 cm³/mol. The number of rotatable bonds is 5. The Morgan fingerprint density at radius 1 is 1.04 bits per heavy atom. The van der Waals surface area contributed by atoms with Crippen LogP contribution in [0.2, 0.25) is 0 Å². The molecule has 4 rings (SSSR count). The molecule has 9 nitrogen and oxygen atoms in total. The number of imide groups is 1. The highest BCUT2D eigenvalue weighted by Gasteiger charge is 2.49. The molecular formula is C19H22N6O3. The molecule has 28 heavy (non-hydrogen) atoms. The maximum Gasteiger partial charge on any atom is 0.325 e. The van der Waals surface area contributed by atoms with Crippen LogP contribution in [0.15, 0.2) is 29.1 Å². The number of nitrogens with zero attached hydrogens (tertiary/aromatic N) is 5. The van der Waals surface area contributed by atoms with Crippen LogP contribution in [0.5, 0.6) is 0 Å². The first kappa shape index (κ1) is 18.1. The number of fused-ring (bicyclic) bond motifs is 3. The second-order valence-corrected chi connectivity index (χ2v) is 6.93. The molecule has 1 aromatic carbocycles. The second-order valence-electron chi connectivity index (χ2n) is 6.93. The number of amides is 3. The average molecular weight is 382 g/mol. The van der Waals surface area contributed by atoms with Gasteiger partial charge in [0.2, 0.25) is 5.78 Å². The van der Waals surface area contributed by atoms with E-state index >= 15 is 0 Å². The molecule has 0 unspecified atom stereocenters. The lowest BCUT2D eigenvalue weighted by atomic mass is 9.93. The van der Waals surface area contributed by atoms with Gasteiger partial charge in [-0.25, -0.2) is 4.79 Å². The molecule has 1 aliphatic rings. The van der Waals surface area contributed by atoms with Crippen LogP contribution in [-0.2, 0) is 17.9 Å². The zero-order chi connectivity index (χ0) is 20.1. The predicted octanol–water partition coefficient (Wildman–Crippen LogP) is 1.67. The molecule has 0 bridgehead atoms. The van der Waals surface area contributed by atoms with E-state index in [-0.39, 0.29) is 18.0 Å². The van der Waals surface area contributed by atoms with E-state index < -0.39 is 11.6 Å². The van der Waals surface area contributed by atoms with Gasteiger partial charge in [0.15, 0.2) is 5.82 Å². The molecule has 3 aromatic rings. The van der Waals surface area contributed by atoms with E-state index in [9.17, 15) is 14.4 Å². The Hall–Kier alpha value is -3.23. The van der Waals surface area contributed by atoms with Gasteiger partial charge >= 0.3 is 6.03 Å². The molecule has 3 amide bonds. The van der Waals surface area contributed by atoms with Crippen LogP contribution in [0, 0.1) is 0 Å². The number of nitrogens with one attached hydrogen (secondary N) is 1. The Morgan fingerprint density at radius 2 is 1.75 bits per heavy atom. The first-order valence-electron chi connectivity index (χ1n) is 9.47. The van der Waals surface area contributed by atoms with Crippen molar-refractivity contribution < 1.29 is 9.59 Å². The first-order chi connectivity index (χ1) is 13.5. The summed E-state index contributed by atoms with van der Waals surface area (Å²) < 4.78 is 3.28. The van der Waals surface area contributed by atoms with Crippen LogP contribution in [0.1, 0.15) is 39.4 Å². The van der Waals surface area contributed by atoms with Crippen molar-refractivity contribution in [1.82, 2.24) is 29.4 Å². The van der Waals surface area contributed by atoms with Crippen LogP contribution in [0.25, 0.3) is 16.7 Å². The van der Waals surface area contributed by atoms with Crippen molar-refractivity contribution in [2.45, 2.75) is 52.2 Å². The second kappa shape index (κ2) is 6.43. The maximum atomic E-state index is 12.9. The number of aryl methyl sites for hydroxylation is 1. The average Bonchev–Trinajstić information content (AvgIpc) is 3.23. The topological polar surface area (TPSA) is 102 Å². The fourth-order valence-corrected chi connectivity index (χ4v) is 3.89. The Kier molecular flexibility index (Phi) is 4.17. The van der Waals surface area contributed by atoms with Crippen molar-refractivity contribution in [1.29, 1.82) is 0 Å². The monoisotopic (exact) mass is 382 g/mol. The molecule has 2 aromatic heterocycles. The van der Waals surface area contributed by atoms with Gasteiger partial charge in [-0.2, -0.15) is 0 Å². The summed E-state index contributed by atoms with van der Waals surface area (Å²) >= 11 is 0. The Bertz CT molecular complexity index is 1160. The minimum Gasteiger partial charge on any atom is -0.323 e. The van der Waals surface area contributed by atoms with E-state index in [1.807, 2.05) is 32.9 Å². The van der Waals surface area contributed by atoms with Gasteiger partial charge in [-0.05, 0) is 31.9 Å². The molecule has 1 aliphatic heterocycles. The molecule has 0 atom stereocenters. The van der Waals surface area contributed by atoms with E-state index in [4.69, 9.17) is 0 Å². The summed E-state index contributed by atoms with van der Waals surface area (Å²) in [5.41, 5.74) is -0.363. The van der Waals surface area contributed by atoms with Gasteiger partial charge in [-0.15, -0.1) is 10.2 Å². The van der Waals surface area contributed by atoms with Crippen molar-refractivity contribution in [2.75, 3.05) is 0 Å². The van der Waals surface area contributed by atoms with Crippen molar-refractivity contribution >= 4 is 28.6 Å². The van der Waals surface area contributed by atoms with E-state index in [2.05, 4.69) is 15.5 Å². The van der Waals surface area contributed by atoms with Gasteiger partial charge in [-0.1, -0.05) is 26.0 Å². The summed E-state index contributed by atoms with van der Waals surface area (Å²) in [6.45, 7) is 6.04. The summed E-state index contributed by atoms with van der Waals surface area (Å²) in [7, 11) is 0. The number of para-hydroxylation sites is 1. The Morgan fingerprint density at radius 3 is 2.39 bits per heavy atom. The van der Waals surface area contributed by atoms with Crippen LogP contribution in [0.3, 0.4) is 0 Å². The minimum atomic E-state index is -0.870. The van der Waals surface area contributed by atoms with Crippen molar-refractivity contribution in [3.63, 3.8) is 0 Å². The van der Waals surface area contributed by atoms with E-state index in [0.717, 1.165) is 0 Å². The highest BCUT2D eigenvalue weighted by atomic mass is 16.2. The fourth-order valence-electron chi connectivity index (χ4n) is 3.89. The molecule has 3 heterocycles. The Balaban J connectivity index is 1.88. The molecule has 146 valence electrons. The summed E-state index contributed by atoms with van der Waals surface area (Å²) in [5.74, 6) is 0.567. The van der Waals surface area contributed by atoms with Crippen LogP contribution in [-0.4, -0.2) is 41.5 Å². The van der Waals surface area contributed by atoms with Gasteiger partial charge < -0.3 is 5.32 Å². The molecule has 1 N–H and O–H groups in total. The normalized spacial score (nSPS) is 16.3. The number of hydrogen-bond donors (Lipinski definition) is 1. The number of aromatic nitrogens is 4. The maximum absolute atomic E-state index is 12.9. The van der Waals surface area contributed by atoms with E-state index in [1.165, 1.54) is 9.47 Å². The summed E-state index contributed by atoms with van der Waals surface area (Å²) in [6, 6.07) is 6.76. The van der Waals surface area contributed by atoms with Gasteiger partial charge in [0.05, 0.1) is 17.4 Å². The molecule has 1 saturated heterocycles. The number of carbonyl (C=O) groups excluding carboxylic acids is 2. The van der Waals surface area contributed by atoms with Crippen molar-refractivity contribution in [2.24, 2.45) is 0 Å². The molecule has 0 radical (unpaired) electrons. The molecule has 1 fully saturated rings. The standard InChI is InChI=1S/C19H22N6O3/c1-4-19(5-2)16(27)24(18(28)20-19)11-14-21-22-17-23(6-3)15(26)12-9-7-8-10-13(12)25(14)17/h7-10H,4-6,11H2,1-3H3,(H,20,28). The number of benzene rings is 1. The van der Waals surface area contributed by atoms with Gasteiger partial charge in [0.25, 0.3) is 11.5 Å². The smallest absolute Gasteiger partial charge is 0.323 e. The number of carbonyl (C=O) groups is 2. The van der Waals surface area contributed by atoms with Gasteiger partial charge in [-0.3, -0.25) is 23.5 Å². The third-order valence-corrected chi connectivity index (χ3v) is 5.64. The van der Waals surface area contributed by atoms with Crippen molar-refractivity contribution in [3.8, 4) is 0 Å². The van der Waals surface area contributed by atoms with E-state index in [0.29, 0.717) is 41.9 Å². The largest absolute Gasteiger partial charge is 0.325 e. The quantitative estimate of drug-likeness (QED) is 0.677. The van der Waals surface area contributed by atoms with Crippen LogP contribution >= 0.6 is 0 Å². The molecular weight excluding hydrogens is 360 g/mol. The summed E-state index contributed by atoms with van der Waals surface area (Å²) in [4.78, 5) is 39.4. The lowest BCUT2D eigenvalue weighted by molar-refractivity contribution is -0.132. The Labute approximate surface area is 161 Å². The number of hydrogen-bond acceptors (Lipinski definition) is 5. The van der Waals surface area contributed by atoms with Crippen molar-refractivity contribution in [3.05, 3.63) is 40.4 Å². The SMILES string of the molecule is CCn1c(=O)c2ccccc2n2c(CN3C(=O)NC(CC)(CC)C3=O)nnc12. The number of urea groups is 1. The molecule has 9 heteroatoms. The van der Waals surface area contributed by atoms with E-state index in [1.54, 1.807) is 16.5 Å². The van der Waals surface area contributed by atoms with Crippen LogP contribution < -0.4 is 10.9 Å². The molecule has 0 saturated carbocycles. The van der Waals surface area contributed by atoms with Gasteiger partial charge in [0, 0.05) is 6.54 Å². The fraction of sp³-hybridized carbons (Fsp3) is 0.421. The zero-order valence-electron chi connectivity index (χ0n) is 16.1. The molecule has 0 spiro atoms. The van der Waals surface area contributed by atoms with Crippen LogP contribution in [0.4, 0.5) is 4.79 Å². The lowest BCUT2D eigenvalue weighted by Crippen LogP contribution is -2.45. The first-order valence-corrected chi connectivity index (χ1v) is 9.47. The summed E-state index contributed by atoms with van der Waals surface area (Å²) in [6.07, 6.45) is 1.03. The third kappa shape index (κ3) is 2.35. The summed E-state index contributed by atoms with van der Waals surface area (Å²) in [5, 5.41) is 11.7. The minimum absolute atomic E-state index is 0.0144. The highest BCUT2D eigenvalue weighted by Crippen LogP contribution is 2.26. The molecule has 0 aliphatic carbocycles. The third-order valence-electron chi connectivity index (χ3n) is 5.64.